The summed E-state index contributed by atoms with van der Waals surface area (Å²) in [7, 11) is 0. The molecule has 0 bridgehead atoms. The molecule has 0 N–H and O–H groups in total. The predicted molar refractivity (Wildman–Crippen MR) is 231 cm³/mol. The third kappa shape index (κ3) is 5.53. The van der Waals surface area contributed by atoms with Gasteiger partial charge >= 0.3 is 0 Å². The van der Waals surface area contributed by atoms with Crippen LogP contribution in [0.2, 0.25) is 0 Å². The molecule has 0 amide bonds. The van der Waals surface area contributed by atoms with Crippen LogP contribution in [0.3, 0.4) is 0 Å². The lowest BCUT2D eigenvalue weighted by atomic mass is 9.82. The van der Waals surface area contributed by atoms with Crippen LogP contribution in [0.25, 0.3) is 33.4 Å². The molecule has 7 aromatic rings. The highest BCUT2D eigenvalue weighted by Crippen LogP contribution is 2.56. The number of allylic oxidation sites excluding steroid dienone is 4. The molecule has 0 saturated heterocycles. The normalized spacial score (nSPS) is 15.0. The zero-order chi connectivity index (χ0) is 37.8. The number of ether oxygens (including phenoxy) is 2. The van der Waals surface area contributed by atoms with Crippen molar-refractivity contribution in [3.8, 4) is 50.6 Å². The maximum atomic E-state index is 6.62. The van der Waals surface area contributed by atoms with Gasteiger partial charge in [-0.15, -0.1) is 0 Å². The second-order valence-corrected chi connectivity index (χ2v) is 15.0. The van der Waals surface area contributed by atoms with Crippen molar-refractivity contribution in [1.82, 2.24) is 0 Å². The largest absolute Gasteiger partial charge is 0.485 e. The van der Waals surface area contributed by atoms with Gasteiger partial charge in [-0.05, 0) is 111 Å². The number of rotatable bonds is 7. The van der Waals surface area contributed by atoms with E-state index in [0.717, 1.165) is 62.5 Å². The molecule has 0 aromatic heterocycles. The van der Waals surface area contributed by atoms with Crippen molar-refractivity contribution >= 4 is 28.4 Å². The Hall–Kier alpha value is -7.04. The minimum absolute atomic E-state index is 0.124. The molecule has 0 saturated carbocycles. The summed E-state index contributed by atoms with van der Waals surface area (Å²) in [6.45, 7) is 8.93. The Labute approximate surface area is 328 Å². The van der Waals surface area contributed by atoms with E-state index in [1.807, 2.05) is 30.4 Å². The Morgan fingerprint density at radius 2 is 1.27 bits per heavy atom. The topological polar surface area (TPSA) is 24.9 Å². The number of anilines is 5. The SMILES string of the molecule is C=C/C=C\C=C1/COc2cc(-c3cccc(N(c4ccc(-c5ccccc5)cc4)c4ccc5c(c4)C(C)(C)c4ccccc4-5)c3)cc3c2N1c1ccccc1O3. The van der Waals surface area contributed by atoms with E-state index in [0.29, 0.717) is 6.61 Å². The summed E-state index contributed by atoms with van der Waals surface area (Å²) in [6, 6.07) is 56.5. The standard InChI is InChI=1S/C52H40N2O2/c1-4-5-7-18-42-34-55-49-31-38(32-50-51(49)54(42)47-22-12-13-23-48(47)56-50)37-17-14-19-40(30-37)53(39-26-24-36(25-27-39)35-15-8-6-9-16-35)41-28-29-44-43-20-10-11-21-45(43)52(2,3)46(44)33-41/h4-33H,1,34H2,2-3H3/b7-5-,42-18+. The third-order valence-electron chi connectivity index (χ3n) is 11.3. The first-order valence-corrected chi connectivity index (χ1v) is 19.1. The molecule has 3 aliphatic rings. The van der Waals surface area contributed by atoms with Crippen LogP contribution in [-0.2, 0) is 5.41 Å². The van der Waals surface area contributed by atoms with Gasteiger partial charge in [0.2, 0.25) is 0 Å². The van der Waals surface area contributed by atoms with Crippen LogP contribution in [-0.4, -0.2) is 6.61 Å². The van der Waals surface area contributed by atoms with E-state index in [4.69, 9.17) is 9.47 Å². The summed E-state index contributed by atoms with van der Waals surface area (Å²) < 4.78 is 13.1. The fourth-order valence-electron chi connectivity index (χ4n) is 8.54. The predicted octanol–water partition coefficient (Wildman–Crippen LogP) is 14.1. The van der Waals surface area contributed by atoms with Crippen LogP contribution >= 0.6 is 0 Å². The maximum Gasteiger partial charge on any atom is 0.156 e. The monoisotopic (exact) mass is 724 g/mol. The van der Waals surface area contributed by atoms with E-state index in [9.17, 15) is 0 Å². The highest BCUT2D eigenvalue weighted by Gasteiger charge is 2.36. The molecule has 0 radical (unpaired) electrons. The smallest absolute Gasteiger partial charge is 0.156 e. The van der Waals surface area contributed by atoms with E-state index in [1.54, 1.807) is 6.08 Å². The molecule has 2 heterocycles. The van der Waals surface area contributed by atoms with Crippen LogP contribution in [0.5, 0.6) is 17.2 Å². The molecule has 0 spiro atoms. The Morgan fingerprint density at radius 3 is 2.12 bits per heavy atom. The van der Waals surface area contributed by atoms with E-state index in [2.05, 4.69) is 176 Å². The molecule has 4 nitrogen and oxygen atoms in total. The first-order chi connectivity index (χ1) is 27.5. The third-order valence-corrected chi connectivity index (χ3v) is 11.3. The summed E-state index contributed by atoms with van der Waals surface area (Å²) in [6.07, 6.45) is 7.78. The van der Waals surface area contributed by atoms with E-state index in [-0.39, 0.29) is 5.41 Å². The Balaban J connectivity index is 1.09. The number of fused-ring (bicyclic) bond motifs is 5. The van der Waals surface area contributed by atoms with Gasteiger partial charge in [-0.25, -0.2) is 0 Å². The van der Waals surface area contributed by atoms with E-state index >= 15 is 0 Å². The van der Waals surface area contributed by atoms with Crippen LogP contribution < -0.4 is 19.3 Å². The number of hydrogen-bond acceptors (Lipinski definition) is 4. The van der Waals surface area contributed by atoms with E-state index < -0.39 is 0 Å². The molecule has 7 aromatic carbocycles. The number of nitrogens with zero attached hydrogens (tertiary/aromatic N) is 2. The van der Waals surface area contributed by atoms with Gasteiger partial charge in [0, 0.05) is 22.5 Å². The molecule has 0 unspecified atom stereocenters. The van der Waals surface area contributed by atoms with E-state index in [1.165, 1.54) is 33.4 Å². The van der Waals surface area contributed by atoms with Crippen molar-refractivity contribution < 1.29 is 9.47 Å². The molecule has 10 rings (SSSR count). The summed E-state index contributed by atoms with van der Waals surface area (Å²) >= 11 is 0. The zero-order valence-electron chi connectivity index (χ0n) is 31.4. The fraction of sp³-hybridized carbons (Fsp3) is 0.0769. The van der Waals surface area contributed by atoms with Gasteiger partial charge in [-0.2, -0.15) is 0 Å². The lowest BCUT2D eigenvalue weighted by molar-refractivity contribution is 0.333. The Bertz CT molecular complexity index is 2720. The molecule has 0 fully saturated rings. The summed E-state index contributed by atoms with van der Waals surface area (Å²) in [5.74, 6) is 2.36. The number of para-hydroxylation sites is 2. The highest BCUT2D eigenvalue weighted by atomic mass is 16.5. The van der Waals surface area contributed by atoms with Gasteiger partial charge < -0.3 is 19.3 Å². The van der Waals surface area contributed by atoms with Gasteiger partial charge in [0.25, 0.3) is 0 Å². The van der Waals surface area contributed by atoms with Crippen molar-refractivity contribution in [2.45, 2.75) is 19.3 Å². The van der Waals surface area contributed by atoms with Crippen LogP contribution in [0.1, 0.15) is 25.0 Å². The average Bonchev–Trinajstić information content (AvgIpc) is 3.47. The van der Waals surface area contributed by atoms with Crippen molar-refractivity contribution in [2.24, 2.45) is 0 Å². The van der Waals surface area contributed by atoms with Gasteiger partial charge in [-0.1, -0.05) is 136 Å². The maximum absolute atomic E-state index is 6.62. The molecular weight excluding hydrogens is 685 g/mol. The molecule has 0 atom stereocenters. The molecule has 2 aliphatic heterocycles. The first kappa shape index (κ1) is 33.5. The lowest BCUT2D eigenvalue weighted by Gasteiger charge is -2.38. The Kier molecular flexibility index (Phi) is 8.00. The minimum atomic E-state index is -0.124. The van der Waals surface area contributed by atoms with Gasteiger partial charge in [-0.3, -0.25) is 0 Å². The van der Waals surface area contributed by atoms with Crippen LogP contribution in [0.15, 0.2) is 194 Å². The van der Waals surface area contributed by atoms with Crippen LogP contribution in [0.4, 0.5) is 28.4 Å². The van der Waals surface area contributed by atoms with Gasteiger partial charge in [0.1, 0.15) is 18.0 Å². The summed E-state index contributed by atoms with van der Waals surface area (Å²) in [4.78, 5) is 4.63. The fourth-order valence-corrected chi connectivity index (χ4v) is 8.54. The molecular formula is C52H40N2O2. The second kappa shape index (κ2) is 13.4. The molecule has 1 aliphatic carbocycles. The van der Waals surface area contributed by atoms with Gasteiger partial charge in [0.15, 0.2) is 11.5 Å². The summed E-state index contributed by atoms with van der Waals surface area (Å²) in [5, 5.41) is 0. The van der Waals surface area contributed by atoms with Crippen molar-refractivity contribution in [3.05, 3.63) is 205 Å². The summed E-state index contributed by atoms with van der Waals surface area (Å²) in [5.41, 5.74) is 15.8. The number of hydrogen-bond donors (Lipinski definition) is 0. The zero-order valence-corrected chi connectivity index (χ0v) is 31.4. The van der Waals surface area contributed by atoms with Gasteiger partial charge in [0.05, 0.1) is 11.4 Å². The van der Waals surface area contributed by atoms with Crippen molar-refractivity contribution in [1.29, 1.82) is 0 Å². The quantitative estimate of drug-likeness (QED) is 0.153. The minimum Gasteiger partial charge on any atom is -0.485 e. The van der Waals surface area contributed by atoms with Crippen molar-refractivity contribution in [2.75, 3.05) is 16.4 Å². The average molecular weight is 725 g/mol. The first-order valence-electron chi connectivity index (χ1n) is 19.1. The van der Waals surface area contributed by atoms with Crippen LogP contribution in [0, 0.1) is 0 Å². The second-order valence-electron chi connectivity index (χ2n) is 15.0. The number of benzene rings is 7. The lowest BCUT2D eigenvalue weighted by Crippen LogP contribution is -2.29. The molecule has 4 heteroatoms. The Morgan fingerprint density at radius 1 is 0.571 bits per heavy atom. The molecule has 56 heavy (non-hydrogen) atoms. The van der Waals surface area contributed by atoms with Crippen molar-refractivity contribution in [3.63, 3.8) is 0 Å². The molecule has 270 valence electrons. The highest BCUT2D eigenvalue weighted by molar-refractivity contribution is 5.91.